The van der Waals surface area contributed by atoms with E-state index in [1.807, 2.05) is 49.4 Å². The van der Waals surface area contributed by atoms with Crippen molar-refractivity contribution < 1.29 is 8.42 Å². The van der Waals surface area contributed by atoms with E-state index in [-0.39, 0.29) is 10.9 Å². The molecule has 0 aliphatic heterocycles. The van der Waals surface area contributed by atoms with Gasteiger partial charge < -0.3 is 0 Å². The molecule has 5 heteroatoms. The van der Waals surface area contributed by atoms with Crippen molar-refractivity contribution in [2.24, 2.45) is 5.92 Å². The van der Waals surface area contributed by atoms with Gasteiger partial charge in [0.1, 0.15) is 0 Å². The van der Waals surface area contributed by atoms with Crippen molar-refractivity contribution in [3.63, 3.8) is 0 Å². The van der Waals surface area contributed by atoms with Crippen LogP contribution in [0.5, 0.6) is 0 Å². The molecule has 2 aromatic rings. The fourth-order valence-corrected chi connectivity index (χ4v) is 4.63. The predicted octanol–water partition coefficient (Wildman–Crippen LogP) is 5.48. The Morgan fingerprint density at radius 1 is 1.00 bits per heavy atom. The lowest BCUT2D eigenvalue weighted by atomic mass is 10.1. The van der Waals surface area contributed by atoms with Gasteiger partial charge in [0.2, 0.25) is 10.0 Å². The number of rotatable bonds is 8. The topological polar surface area (TPSA) is 37.4 Å². The minimum absolute atomic E-state index is 0.101. The highest BCUT2D eigenvalue weighted by molar-refractivity contribution is 7.89. The van der Waals surface area contributed by atoms with E-state index in [0.29, 0.717) is 17.5 Å². The van der Waals surface area contributed by atoms with Crippen LogP contribution in [-0.4, -0.2) is 25.3 Å². The van der Waals surface area contributed by atoms with Crippen LogP contribution in [0.15, 0.2) is 65.6 Å². The van der Waals surface area contributed by atoms with Gasteiger partial charge in [-0.3, -0.25) is 0 Å². The van der Waals surface area contributed by atoms with Crippen molar-refractivity contribution in [2.75, 3.05) is 6.54 Å². The summed E-state index contributed by atoms with van der Waals surface area (Å²) in [4.78, 5) is 0.269. The van der Waals surface area contributed by atoms with Crippen LogP contribution in [-0.2, 0) is 10.0 Å². The molecule has 3 nitrogen and oxygen atoms in total. The smallest absolute Gasteiger partial charge is 0.207 e. The molecule has 0 spiro atoms. The predicted molar refractivity (Wildman–Crippen MR) is 110 cm³/mol. The summed E-state index contributed by atoms with van der Waals surface area (Å²) in [5, 5.41) is 0.523. The number of halogens is 1. The zero-order valence-corrected chi connectivity index (χ0v) is 17.0. The third-order valence-electron chi connectivity index (χ3n) is 4.12. The Hall–Kier alpha value is -1.62. The molecule has 2 aromatic carbocycles. The lowest BCUT2D eigenvalue weighted by molar-refractivity contribution is 0.317. The molecular weight excluding hydrogens is 366 g/mol. The number of nitrogens with zero attached hydrogens (tertiary/aromatic N) is 1. The van der Waals surface area contributed by atoms with Crippen LogP contribution in [0.4, 0.5) is 0 Å². The van der Waals surface area contributed by atoms with Gasteiger partial charge in [-0.1, -0.05) is 67.9 Å². The molecule has 0 aliphatic carbocycles. The summed E-state index contributed by atoms with van der Waals surface area (Å²) in [6.45, 7) is 6.49. The van der Waals surface area contributed by atoms with Gasteiger partial charge in [-0.2, -0.15) is 4.31 Å². The summed E-state index contributed by atoms with van der Waals surface area (Å²) in [5.74, 6) is 0.408. The van der Waals surface area contributed by atoms with Gasteiger partial charge in [0.05, 0.1) is 4.90 Å². The second kappa shape index (κ2) is 9.36. The second-order valence-corrected chi connectivity index (χ2v) is 9.15. The normalized spacial score (nSPS) is 13.6. The van der Waals surface area contributed by atoms with E-state index in [9.17, 15) is 8.42 Å². The average Bonchev–Trinajstić information content (AvgIpc) is 2.59. The summed E-state index contributed by atoms with van der Waals surface area (Å²) in [6, 6.07) is 16.1. The number of sulfonamides is 1. The summed E-state index contributed by atoms with van der Waals surface area (Å²) in [5.41, 5.74) is 1.05. The highest BCUT2D eigenvalue weighted by Crippen LogP contribution is 2.23. The molecule has 0 saturated carbocycles. The van der Waals surface area contributed by atoms with Crippen molar-refractivity contribution in [3.8, 4) is 0 Å². The molecule has 0 fully saturated rings. The van der Waals surface area contributed by atoms with Crippen LogP contribution in [0.25, 0.3) is 6.08 Å². The summed E-state index contributed by atoms with van der Waals surface area (Å²) < 4.78 is 27.9. The van der Waals surface area contributed by atoms with E-state index in [2.05, 4.69) is 13.8 Å². The highest BCUT2D eigenvalue weighted by Gasteiger charge is 2.28. The monoisotopic (exact) mass is 391 g/mol. The first-order chi connectivity index (χ1) is 12.3. The molecule has 0 aromatic heterocycles. The summed E-state index contributed by atoms with van der Waals surface area (Å²) >= 11 is 5.90. The molecule has 0 aliphatic rings. The minimum Gasteiger partial charge on any atom is -0.207 e. The van der Waals surface area contributed by atoms with E-state index in [0.717, 1.165) is 12.0 Å². The molecule has 1 atom stereocenters. The summed E-state index contributed by atoms with van der Waals surface area (Å²) in [6.07, 6.45) is 4.65. The van der Waals surface area contributed by atoms with Gasteiger partial charge in [-0.15, -0.1) is 0 Å². The van der Waals surface area contributed by atoms with Crippen LogP contribution < -0.4 is 0 Å². The second-order valence-electron chi connectivity index (χ2n) is 6.82. The van der Waals surface area contributed by atoms with Crippen LogP contribution in [0, 0.1) is 5.92 Å². The van der Waals surface area contributed by atoms with Gasteiger partial charge >= 0.3 is 0 Å². The largest absolute Gasteiger partial charge is 0.243 e. The van der Waals surface area contributed by atoms with Crippen LogP contribution in [0.2, 0.25) is 5.02 Å². The molecule has 0 saturated heterocycles. The van der Waals surface area contributed by atoms with Gasteiger partial charge in [0.15, 0.2) is 0 Å². The molecule has 2 rings (SSSR count). The first-order valence-corrected chi connectivity index (χ1v) is 10.6. The van der Waals surface area contributed by atoms with E-state index in [4.69, 9.17) is 11.6 Å². The maximum Gasteiger partial charge on any atom is 0.243 e. The van der Waals surface area contributed by atoms with Gasteiger partial charge in [0, 0.05) is 17.6 Å². The zero-order valence-electron chi connectivity index (χ0n) is 15.5. The van der Waals surface area contributed by atoms with E-state index in [1.54, 1.807) is 28.6 Å². The average molecular weight is 392 g/mol. The lowest BCUT2D eigenvalue weighted by Gasteiger charge is -2.28. The van der Waals surface area contributed by atoms with Crippen molar-refractivity contribution >= 4 is 27.7 Å². The molecule has 0 bridgehead atoms. The SMILES string of the molecule is CC(C)CC(C)N(C/C=C/c1ccccc1)S(=O)(=O)c1ccc(Cl)cc1. The number of hydrogen-bond acceptors (Lipinski definition) is 2. The fraction of sp³-hybridized carbons (Fsp3) is 0.333. The summed E-state index contributed by atoms with van der Waals surface area (Å²) in [7, 11) is -3.59. The third-order valence-corrected chi connectivity index (χ3v) is 6.37. The fourth-order valence-electron chi connectivity index (χ4n) is 2.91. The van der Waals surface area contributed by atoms with Crippen molar-refractivity contribution in [3.05, 3.63) is 71.3 Å². The molecule has 1 unspecified atom stereocenters. The Kier molecular flexibility index (Phi) is 7.44. The Bertz CT molecular complexity index is 815. The van der Waals surface area contributed by atoms with Crippen LogP contribution in [0.1, 0.15) is 32.8 Å². The Labute approximate surface area is 162 Å². The van der Waals surface area contributed by atoms with E-state index < -0.39 is 10.0 Å². The van der Waals surface area contributed by atoms with Crippen molar-refractivity contribution in [2.45, 2.75) is 38.1 Å². The van der Waals surface area contributed by atoms with E-state index >= 15 is 0 Å². The van der Waals surface area contributed by atoms with Crippen molar-refractivity contribution in [1.82, 2.24) is 4.31 Å². The van der Waals surface area contributed by atoms with Crippen LogP contribution >= 0.6 is 11.6 Å². The quantitative estimate of drug-likeness (QED) is 0.597. The molecule has 0 amide bonds. The van der Waals surface area contributed by atoms with Crippen molar-refractivity contribution in [1.29, 1.82) is 0 Å². The Morgan fingerprint density at radius 2 is 1.62 bits per heavy atom. The number of benzene rings is 2. The lowest BCUT2D eigenvalue weighted by Crippen LogP contribution is -2.39. The van der Waals surface area contributed by atoms with E-state index in [1.165, 1.54) is 0 Å². The standard InChI is InChI=1S/C21H26ClNO2S/c1-17(2)16-18(3)23(15-7-10-19-8-5-4-6-9-19)26(24,25)21-13-11-20(22)12-14-21/h4-14,17-18H,15-16H2,1-3H3/b10-7+. The van der Waals surface area contributed by atoms with Gasteiger partial charge in [-0.25, -0.2) is 8.42 Å². The molecular formula is C21H26ClNO2S. The maximum absolute atomic E-state index is 13.2. The zero-order chi connectivity index (χ0) is 19.2. The molecule has 26 heavy (non-hydrogen) atoms. The third kappa shape index (κ3) is 5.70. The van der Waals surface area contributed by atoms with Gasteiger partial charge in [-0.05, 0) is 49.1 Å². The van der Waals surface area contributed by atoms with Gasteiger partial charge in [0.25, 0.3) is 0 Å². The van der Waals surface area contributed by atoms with Crippen LogP contribution in [0.3, 0.4) is 0 Å². The minimum atomic E-state index is -3.59. The Balaban J connectivity index is 2.27. The first-order valence-electron chi connectivity index (χ1n) is 8.79. The number of hydrogen-bond donors (Lipinski definition) is 0. The highest BCUT2D eigenvalue weighted by atomic mass is 35.5. The molecule has 0 N–H and O–H groups in total. The molecule has 0 radical (unpaired) electrons. The molecule has 140 valence electrons. The first kappa shape index (κ1) is 20.7. The Morgan fingerprint density at radius 3 is 2.19 bits per heavy atom. The maximum atomic E-state index is 13.2. The molecule has 0 heterocycles.